The van der Waals surface area contributed by atoms with Crippen molar-refractivity contribution in [1.29, 1.82) is 0 Å². The fourth-order valence-electron chi connectivity index (χ4n) is 2.51. The Balaban J connectivity index is 0.00000182. The molecule has 2 heterocycles. The number of hydrogen-bond donors (Lipinski definition) is 1. The van der Waals surface area contributed by atoms with Crippen LogP contribution in [-0.4, -0.2) is 43.0 Å². The number of aromatic nitrogens is 1. The van der Waals surface area contributed by atoms with Crippen molar-refractivity contribution in [2.24, 2.45) is 5.73 Å². The zero-order valence-electron chi connectivity index (χ0n) is 15.3. The smallest absolute Gasteiger partial charge is 0.264 e. The Hall–Kier alpha value is -1.38. The average molecular weight is 447 g/mol. The zero-order chi connectivity index (χ0) is 17.8. The number of nitrogens with two attached hydrogens (primary N) is 1. The van der Waals surface area contributed by atoms with Gasteiger partial charge in [-0.05, 0) is 24.6 Å². The molecule has 1 amide bonds. The van der Waals surface area contributed by atoms with Crippen LogP contribution in [0.1, 0.15) is 21.7 Å². The van der Waals surface area contributed by atoms with Gasteiger partial charge in [0.25, 0.3) is 5.91 Å². The molecule has 0 atom stereocenters. The third kappa shape index (κ3) is 5.80. The molecule has 0 radical (unpaired) electrons. The van der Waals surface area contributed by atoms with Gasteiger partial charge in [-0.1, -0.05) is 41.7 Å². The minimum Gasteiger partial charge on any atom is -0.354 e. The molecular formula is C18H24Cl2N4OS2. The molecule has 3 aromatic rings. The number of carbonyl (C=O) groups excluding carboxylic acids is 1. The van der Waals surface area contributed by atoms with Gasteiger partial charge in [-0.2, -0.15) is 0 Å². The zero-order valence-corrected chi connectivity index (χ0v) is 18.5. The molecular weight excluding hydrogens is 423 g/mol. The van der Waals surface area contributed by atoms with Crippen molar-refractivity contribution in [3.05, 3.63) is 46.8 Å². The van der Waals surface area contributed by atoms with E-state index in [4.69, 9.17) is 5.73 Å². The summed E-state index contributed by atoms with van der Waals surface area (Å²) in [7, 11) is 3.95. The number of thiazole rings is 1. The molecule has 0 bridgehead atoms. The summed E-state index contributed by atoms with van der Waals surface area (Å²) in [5.74, 6) is 0.0545. The van der Waals surface area contributed by atoms with Gasteiger partial charge in [-0.15, -0.1) is 36.2 Å². The molecule has 0 saturated carbocycles. The summed E-state index contributed by atoms with van der Waals surface area (Å²) in [6, 6.07) is 12.0. The van der Waals surface area contributed by atoms with Gasteiger partial charge in [-0.3, -0.25) is 4.79 Å². The maximum Gasteiger partial charge on any atom is 0.264 e. The Morgan fingerprint density at radius 1 is 1.15 bits per heavy atom. The number of benzene rings is 1. The molecule has 9 heteroatoms. The van der Waals surface area contributed by atoms with Gasteiger partial charge in [0, 0.05) is 27.2 Å². The van der Waals surface area contributed by atoms with Crippen molar-refractivity contribution in [3.8, 4) is 0 Å². The lowest BCUT2D eigenvalue weighted by molar-refractivity contribution is 0.0747. The van der Waals surface area contributed by atoms with Crippen LogP contribution in [0.15, 0.2) is 36.4 Å². The molecule has 0 spiro atoms. The van der Waals surface area contributed by atoms with Crippen molar-refractivity contribution < 1.29 is 4.79 Å². The Bertz CT molecular complexity index is 820. The van der Waals surface area contributed by atoms with Crippen LogP contribution in [0.2, 0.25) is 0 Å². The summed E-state index contributed by atoms with van der Waals surface area (Å²) < 4.78 is 1.07. The molecule has 2 aromatic heterocycles. The second kappa shape index (κ2) is 10.8. The molecule has 0 aliphatic rings. The van der Waals surface area contributed by atoms with Crippen molar-refractivity contribution in [3.63, 3.8) is 0 Å². The first kappa shape index (κ1) is 23.7. The highest BCUT2D eigenvalue weighted by Crippen LogP contribution is 2.34. The van der Waals surface area contributed by atoms with Gasteiger partial charge in [0.15, 0.2) is 5.13 Å². The first-order valence-corrected chi connectivity index (χ1v) is 9.82. The van der Waals surface area contributed by atoms with E-state index in [9.17, 15) is 4.79 Å². The van der Waals surface area contributed by atoms with Gasteiger partial charge in [0.2, 0.25) is 0 Å². The number of anilines is 1. The minimum atomic E-state index is 0. The van der Waals surface area contributed by atoms with Crippen LogP contribution < -0.4 is 10.6 Å². The Kier molecular flexibility index (Phi) is 9.49. The van der Waals surface area contributed by atoms with Crippen LogP contribution in [0, 0.1) is 0 Å². The molecule has 0 fully saturated rings. The first-order chi connectivity index (χ1) is 12.1. The maximum absolute atomic E-state index is 13.0. The van der Waals surface area contributed by atoms with Crippen LogP contribution in [-0.2, 0) is 6.54 Å². The number of rotatable bonds is 7. The fraction of sp³-hybridized carbons (Fsp3) is 0.333. The molecule has 0 aliphatic carbocycles. The van der Waals surface area contributed by atoms with Gasteiger partial charge >= 0.3 is 0 Å². The number of nitrogens with zero attached hydrogens (tertiary/aromatic N) is 3. The summed E-state index contributed by atoms with van der Waals surface area (Å²) in [5, 5.41) is 0.963. The van der Waals surface area contributed by atoms with E-state index in [2.05, 4.69) is 4.98 Å². The summed E-state index contributed by atoms with van der Waals surface area (Å²) >= 11 is 3.08. The fourth-order valence-corrected chi connectivity index (χ4v) is 4.62. The molecule has 3 rings (SSSR count). The topological polar surface area (TPSA) is 62.5 Å². The van der Waals surface area contributed by atoms with Crippen LogP contribution in [0.3, 0.4) is 0 Å². The Morgan fingerprint density at radius 2 is 1.85 bits per heavy atom. The lowest BCUT2D eigenvalue weighted by atomic mass is 10.2. The average Bonchev–Trinajstić information content (AvgIpc) is 3.18. The van der Waals surface area contributed by atoms with Gasteiger partial charge in [0.1, 0.15) is 4.83 Å². The molecule has 0 saturated heterocycles. The Labute approximate surface area is 180 Å². The number of halogens is 2. The number of fused-ring (bicyclic) bond motifs is 1. The predicted molar refractivity (Wildman–Crippen MR) is 121 cm³/mol. The third-order valence-corrected chi connectivity index (χ3v) is 6.12. The largest absolute Gasteiger partial charge is 0.354 e. The molecule has 27 heavy (non-hydrogen) atoms. The van der Waals surface area contributed by atoms with E-state index in [0.29, 0.717) is 19.6 Å². The number of amides is 1. The van der Waals surface area contributed by atoms with E-state index >= 15 is 0 Å². The van der Waals surface area contributed by atoms with E-state index in [0.717, 1.165) is 31.5 Å². The van der Waals surface area contributed by atoms with E-state index in [1.54, 1.807) is 11.3 Å². The highest BCUT2D eigenvalue weighted by molar-refractivity contribution is 7.29. The van der Waals surface area contributed by atoms with Crippen LogP contribution in [0.25, 0.3) is 9.53 Å². The van der Waals surface area contributed by atoms with Gasteiger partial charge in [0.05, 0.1) is 9.58 Å². The number of carbonyl (C=O) groups is 1. The van der Waals surface area contributed by atoms with Crippen molar-refractivity contribution in [2.45, 2.75) is 13.0 Å². The van der Waals surface area contributed by atoms with Crippen LogP contribution >= 0.6 is 47.5 Å². The molecule has 5 nitrogen and oxygen atoms in total. The number of hydrogen-bond acceptors (Lipinski definition) is 6. The SMILES string of the molecule is CN(C)c1nc2sc(C(=O)N(CCCN)Cc3ccccc3)cc2s1.Cl.Cl. The molecule has 2 N–H and O–H groups in total. The van der Waals surface area contributed by atoms with Crippen molar-refractivity contribution in [1.82, 2.24) is 9.88 Å². The lowest BCUT2D eigenvalue weighted by Crippen LogP contribution is -2.32. The summed E-state index contributed by atoms with van der Waals surface area (Å²) in [5.41, 5.74) is 6.77. The Morgan fingerprint density at radius 3 is 2.44 bits per heavy atom. The van der Waals surface area contributed by atoms with Gasteiger partial charge in [-0.25, -0.2) is 4.98 Å². The highest BCUT2D eigenvalue weighted by Gasteiger charge is 2.20. The molecule has 1 aromatic carbocycles. The van der Waals surface area contributed by atoms with Gasteiger partial charge < -0.3 is 15.5 Å². The molecule has 0 unspecified atom stereocenters. The molecule has 148 valence electrons. The minimum absolute atomic E-state index is 0. The van der Waals surface area contributed by atoms with Crippen molar-refractivity contribution >= 4 is 68.1 Å². The van der Waals surface area contributed by atoms with Crippen LogP contribution in [0.4, 0.5) is 5.13 Å². The summed E-state index contributed by atoms with van der Waals surface area (Å²) in [6.07, 6.45) is 0.793. The van der Waals surface area contributed by atoms with E-state index in [1.807, 2.05) is 60.3 Å². The van der Waals surface area contributed by atoms with E-state index in [1.165, 1.54) is 11.3 Å². The number of thiophene rings is 1. The van der Waals surface area contributed by atoms with Crippen LogP contribution in [0.5, 0.6) is 0 Å². The van der Waals surface area contributed by atoms with Crippen molar-refractivity contribution in [2.75, 3.05) is 32.1 Å². The predicted octanol–water partition coefficient (Wildman–Crippen LogP) is 4.26. The second-order valence-electron chi connectivity index (χ2n) is 6.03. The highest BCUT2D eigenvalue weighted by atomic mass is 35.5. The van der Waals surface area contributed by atoms with E-state index < -0.39 is 0 Å². The quantitative estimate of drug-likeness (QED) is 0.588. The summed E-state index contributed by atoms with van der Waals surface area (Å²) in [6.45, 7) is 1.83. The monoisotopic (exact) mass is 446 g/mol. The summed E-state index contributed by atoms with van der Waals surface area (Å²) in [4.78, 5) is 23.1. The second-order valence-corrected chi connectivity index (χ2v) is 8.07. The normalized spacial score (nSPS) is 10.2. The maximum atomic E-state index is 13.0. The first-order valence-electron chi connectivity index (χ1n) is 8.19. The third-order valence-electron chi connectivity index (χ3n) is 3.81. The standard InChI is InChI=1S/C18H22N4OS2.2ClH/c1-21(2)18-20-16-14(25-18)11-15(24-16)17(23)22(10-6-9-19)12-13-7-4-3-5-8-13;;/h3-5,7-8,11H,6,9-10,12,19H2,1-2H3;2*1H. The van der Waals surface area contributed by atoms with E-state index in [-0.39, 0.29) is 30.7 Å². The molecule has 0 aliphatic heterocycles. The lowest BCUT2D eigenvalue weighted by Gasteiger charge is -2.22.